The minimum absolute atomic E-state index is 1.23. The van der Waals surface area contributed by atoms with Gasteiger partial charge in [0, 0.05) is 0 Å². The lowest BCUT2D eigenvalue weighted by Crippen LogP contribution is -2.47. The highest BCUT2D eigenvalue weighted by Crippen LogP contribution is 2.74. The summed E-state index contributed by atoms with van der Waals surface area (Å²) in [4.78, 5) is 7.86. The second kappa shape index (κ2) is 7.72. The molecule has 0 fully saturated rings. The van der Waals surface area contributed by atoms with Crippen LogP contribution in [0, 0.1) is 0 Å². The lowest BCUT2D eigenvalue weighted by atomic mass is 10.7. The van der Waals surface area contributed by atoms with Gasteiger partial charge in [-0.1, -0.05) is 0 Å². The van der Waals surface area contributed by atoms with Gasteiger partial charge in [0.15, 0.2) is 16.6 Å². The summed E-state index contributed by atoms with van der Waals surface area (Å²) in [6, 6.07) is 0. The molecule has 26 heavy (non-hydrogen) atoms. The lowest BCUT2D eigenvalue weighted by Gasteiger charge is -2.30. The SMILES string of the molecule is C[Si](C)(C)O[Si](C)(C)C.O=P(O)(C(F)(F)C(F)(F)F)C(F)(F)C(F)(F)F. The zero-order valence-electron chi connectivity index (χ0n) is 14.5. The van der Waals surface area contributed by atoms with Crippen LogP contribution in [0.3, 0.4) is 0 Å². The minimum atomic E-state index is -8.26. The smallest absolute Gasteiger partial charge is 0.456 e. The first-order valence-corrected chi connectivity index (χ1v) is 15.1. The van der Waals surface area contributed by atoms with E-state index in [9.17, 15) is 48.5 Å². The van der Waals surface area contributed by atoms with Gasteiger partial charge in [-0.15, -0.1) is 0 Å². The van der Waals surface area contributed by atoms with E-state index < -0.39 is 47.7 Å². The highest BCUT2D eigenvalue weighted by atomic mass is 31.2. The van der Waals surface area contributed by atoms with Crippen molar-refractivity contribution in [3.8, 4) is 0 Å². The molecule has 0 spiro atoms. The minimum Gasteiger partial charge on any atom is -0.456 e. The fourth-order valence-corrected chi connectivity index (χ4v) is 9.83. The Hall–Kier alpha value is -0.116. The topological polar surface area (TPSA) is 46.5 Å². The van der Waals surface area contributed by atoms with Gasteiger partial charge in [0.25, 0.3) is 0 Å². The van der Waals surface area contributed by atoms with E-state index in [1.54, 1.807) is 0 Å². The molecule has 0 unspecified atom stereocenters. The van der Waals surface area contributed by atoms with Gasteiger partial charge in [0.05, 0.1) is 0 Å². The standard InChI is InChI=1S/C6H18OSi2.C4HF10O2P/c1-8(2,3)7-9(4,5)6;5-1(6,7)3(11,12)17(15,16)4(13,14)2(8,9)10/h1-6H3;(H,15,16). The van der Waals surface area contributed by atoms with Crippen molar-refractivity contribution < 1.29 is 57.5 Å². The molecule has 0 aromatic carbocycles. The third-order valence-corrected chi connectivity index (χ3v) is 8.98. The number of rotatable bonds is 4. The van der Waals surface area contributed by atoms with E-state index >= 15 is 0 Å². The van der Waals surface area contributed by atoms with E-state index in [4.69, 9.17) is 9.01 Å². The molecule has 0 aliphatic rings. The third-order valence-electron chi connectivity index (χ3n) is 2.06. The Bertz CT molecular complexity index is 477. The normalized spacial score (nSPS) is 15.4. The first kappa shape index (κ1) is 28.1. The molecule has 0 saturated carbocycles. The van der Waals surface area contributed by atoms with E-state index in [0.29, 0.717) is 0 Å². The Kier molecular flexibility index (Phi) is 8.34. The van der Waals surface area contributed by atoms with E-state index in [2.05, 4.69) is 39.3 Å². The van der Waals surface area contributed by atoms with Crippen LogP contribution in [0.5, 0.6) is 0 Å². The van der Waals surface area contributed by atoms with Crippen LogP contribution < -0.4 is 0 Å². The Morgan fingerprint density at radius 2 is 0.846 bits per heavy atom. The lowest BCUT2D eigenvalue weighted by molar-refractivity contribution is -0.270. The van der Waals surface area contributed by atoms with Crippen molar-refractivity contribution >= 4 is 24.0 Å². The van der Waals surface area contributed by atoms with Crippen LogP contribution in [0.25, 0.3) is 0 Å². The first-order valence-electron chi connectivity index (χ1n) is 6.63. The number of hydrogen-bond acceptors (Lipinski definition) is 2. The molecular weight excluding hydrogens is 445 g/mol. The summed E-state index contributed by atoms with van der Waals surface area (Å²) in [5.74, 6) is 0. The first-order chi connectivity index (χ1) is 10.7. The van der Waals surface area contributed by atoms with Crippen LogP contribution in [-0.4, -0.2) is 45.2 Å². The monoisotopic (exact) mass is 464 g/mol. The summed E-state index contributed by atoms with van der Waals surface area (Å²) in [5.41, 5.74) is -14.2. The van der Waals surface area contributed by atoms with Gasteiger partial charge in [0.1, 0.15) is 0 Å². The molecule has 3 nitrogen and oxygen atoms in total. The number of hydrogen-bond donors (Lipinski definition) is 1. The van der Waals surface area contributed by atoms with Gasteiger partial charge >= 0.3 is 31.0 Å². The van der Waals surface area contributed by atoms with Gasteiger partial charge < -0.3 is 9.01 Å². The van der Waals surface area contributed by atoms with Crippen molar-refractivity contribution in [2.75, 3.05) is 0 Å². The highest BCUT2D eigenvalue weighted by molar-refractivity contribution is 7.60. The zero-order valence-corrected chi connectivity index (χ0v) is 17.4. The molecule has 0 aliphatic heterocycles. The predicted molar refractivity (Wildman–Crippen MR) is 79.6 cm³/mol. The van der Waals surface area contributed by atoms with Crippen molar-refractivity contribution in [1.29, 1.82) is 0 Å². The Morgan fingerprint density at radius 3 is 0.923 bits per heavy atom. The predicted octanol–water partition coefficient (Wildman–Crippen LogP) is 6.24. The van der Waals surface area contributed by atoms with Crippen LogP contribution in [-0.2, 0) is 8.68 Å². The van der Waals surface area contributed by atoms with Gasteiger partial charge in [-0.25, -0.2) is 0 Å². The second-order valence-corrected chi connectivity index (χ2v) is 18.5. The van der Waals surface area contributed by atoms with Crippen LogP contribution in [0.15, 0.2) is 0 Å². The van der Waals surface area contributed by atoms with E-state index in [0.717, 1.165) is 0 Å². The maximum absolute atomic E-state index is 12.1. The van der Waals surface area contributed by atoms with Gasteiger partial charge in [-0.3, -0.25) is 4.57 Å². The summed E-state index contributed by atoms with van der Waals surface area (Å²) in [5, 5.41) is 0. The molecule has 0 heterocycles. The molecule has 1 N–H and O–H groups in total. The summed E-state index contributed by atoms with van der Waals surface area (Å²) in [7, 11) is -10.7. The van der Waals surface area contributed by atoms with Crippen molar-refractivity contribution in [2.45, 2.75) is 63.0 Å². The molecule has 0 aliphatic carbocycles. The molecule has 0 rings (SSSR count). The fraction of sp³-hybridized carbons (Fsp3) is 1.00. The third kappa shape index (κ3) is 7.13. The van der Waals surface area contributed by atoms with Gasteiger partial charge in [0.2, 0.25) is 0 Å². The molecule has 0 saturated heterocycles. The van der Waals surface area contributed by atoms with Gasteiger partial charge in [-0.05, 0) is 39.3 Å². The molecule has 0 radical (unpaired) electrons. The number of halogens is 10. The molecule has 0 amide bonds. The second-order valence-electron chi connectivity index (χ2n) is 6.98. The van der Waals surface area contributed by atoms with Crippen molar-refractivity contribution in [1.82, 2.24) is 0 Å². The molecule has 0 bridgehead atoms. The van der Waals surface area contributed by atoms with Gasteiger partial charge in [-0.2, -0.15) is 43.9 Å². The Balaban J connectivity index is 0. The molecule has 0 aromatic heterocycles. The van der Waals surface area contributed by atoms with Crippen LogP contribution in [0.2, 0.25) is 39.3 Å². The summed E-state index contributed by atoms with van der Waals surface area (Å²) in [6.45, 7) is 13.4. The molecule has 0 atom stereocenters. The highest BCUT2D eigenvalue weighted by Gasteiger charge is 2.83. The Labute approximate surface area is 145 Å². The van der Waals surface area contributed by atoms with E-state index in [1.165, 1.54) is 0 Å². The largest absolute Gasteiger partial charge is 0.463 e. The molecule has 0 aromatic rings. The van der Waals surface area contributed by atoms with Crippen LogP contribution in [0.4, 0.5) is 43.9 Å². The van der Waals surface area contributed by atoms with E-state index in [1.807, 2.05) is 0 Å². The van der Waals surface area contributed by atoms with E-state index in [-0.39, 0.29) is 0 Å². The van der Waals surface area contributed by atoms with Crippen LogP contribution in [0.1, 0.15) is 0 Å². The summed E-state index contributed by atoms with van der Waals surface area (Å²) < 4.78 is 133. The Morgan fingerprint density at radius 1 is 0.654 bits per heavy atom. The summed E-state index contributed by atoms with van der Waals surface area (Å²) >= 11 is 0. The maximum atomic E-state index is 12.1. The summed E-state index contributed by atoms with van der Waals surface area (Å²) in [6.07, 6.45) is -14.0. The average Bonchev–Trinajstić information content (AvgIpc) is 2.20. The van der Waals surface area contributed by atoms with Crippen LogP contribution >= 0.6 is 7.37 Å². The average molecular weight is 464 g/mol. The van der Waals surface area contributed by atoms with Crippen molar-refractivity contribution in [2.24, 2.45) is 0 Å². The van der Waals surface area contributed by atoms with Crippen molar-refractivity contribution in [3.63, 3.8) is 0 Å². The zero-order chi connectivity index (χ0) is 22.2. The maximum Gasteiger partial charge on any atom is 0.463 e. The fourth-order valence-electron chi connectivity index (χ4n) is 1.44. The quantitative estimate of drug-likeness (QED) is 0.304. The molecule has 16 heteroatoms. The number of alkyl halides is 10. The molecular formula is C10H19F10O3PSi2. The molecule has 160 valence electrons. The van der Waals surface area contributed by atoms with Crippen molar-refractivity contribution in [3.05, 3.63) is 0 Å².